The quantitative estimate of drug-likeness (QED) is 0.851. The number of carboxylic acid groups (broad SMARTS) is 1. The van der Waals surface area contributed by atoms with Gasteiger partial charge in [0.2, 0.25) is 0 Å². The molecule has 0 spiro atoms. The fraction of sp³-hybridized carbons (Fsp3) is 0.619. The lowest BCUT2D eigenvalue weighted by molar-refractivity contribution is -0.143. The molecule has 1 aromatic rings. The molecule has 6 heteroatoms. The van der Waals surface area contributed by atoms with Crippen LogP contribution in [0.2, 0.25) is 0 Å². The standard InChI is InChI=1S/C21H31N3O3/c1-15-10-18(20(25)26)14-24(11-15)21(27)22-19-8-9-23(12-16(19)2)13-17-6-4-3-5-7-17/h3-7,15-16,18-19H,8-14H2,1-2H3,(H,22,27)(H,25,26). The van der Waals surface area contributed by atoms with E-state index < -0.39 is 11.9 Å². The third-order valence-electron chi connectivity index (χ3n) is 5.84. The number of carbonyl (C=O) groups excluding carboxylic acids is 1. The van der Waals surface area contributed by atoms with Crippen LogP contribution in [0.15, 0.2) is 30.3 Å². The van der Waals surface area contributed by atoms with Crippen molar-refractivity contribution >= 4 is 12.0 Å². The number of carbonyl (C=O) groups is 2. The number of nitrogens with zero attached hydrogens (tertiary/aromatic N) is 2. The molecular formula is C21H31N3O3. The fourth-order valence-electron chi connectivity index (χ4n) is 4.38. The van der Waals surface area contributed by atoms with E-state index in [0.29, 0.717) is 25.4 Å². The summed E-state index contributed by atoms with van der Waals surface area (Å²) in [5, 5.41) is 12.5. The van der Waals surface area contributed by atoms with Crippen LogP contribution in [0.1, 0.15) is 32.3 Å². The van der Waals surface area contributed by atoms with Gasteiger partial charge in [-0.3, -0.25) is 9.69 Å². The molecule has 2 aliphatic rings. The Labute approximate surface area is 161 Å². The smallest absolute Gasteiger partial charge is 0.317 e. The maximum atomic E-state index is 12.7. The first-order valence-corrected chi connectivity index (χ1v) is 9.97. The van der Waals surface area contributed by atoms with Gasteiger partial charge in [-0.1, -0.05) is 44.2 Å². The molecule has 2 aliphatic heterocycles. The highest BCUT2D eigenvalue weighted by atomic mass is 16.4. The number of benzene rings is 1. The molecule has 0 bridgehead atoms. The Morgan fingerprint density at radius 1 is 1.15 bits per heavy atom. The molecule has 3 rings (SSSR count). The van der Waals surface area contributed by atoms with E-state index in [1.165, 1.54) is 5.56 Å². The number of aliphatic carboxylic acids is 1. The molecule has 27 heavy (non-hydrogen) atoms. The van der Waals surface area contributed by atoms with Crippen molar-refractivity contribution in [3.05, 3.63) is 35.9 Å². The molecule has 4 atom stereocenters. The summed E-state index contributed by atoms with van der Waals surface area (Å²) in [6.45, 7) is 7.99. The SMILES string of the molecule is CC1CC(C(=O)O)CN(C(=O)NC2CCN(Cc3ccccc3)CC2C)C1. The first-order valence-electron chi connectivity index (χ1n) is 9.97. The summed E-state index contributed by atoms with van der Waals surface area (Å²) >= 11 is 0. The summed E-state index contributed by atoms with van der Waals surface area (Å²) in [5.41, 5.74) is 1.31. The lowest BCUT2D eigenvalue weighted by atomic mass is 9.90. The van der Waals surface area contributed by atoms with Gasteiger partial charge >= 0.3 is 12.0 Å². The molecule has 0 aliphatic carbocycles. The van der Waals surface area contributed by atoms with E-state index in [1.807, 2.05) is 13.0 Å². The van der Waals surface area contributed by atoms with Gasteiger partial charge < -0.3 is 15.3 Å². The highest BCUT2D eigenvalue weighted by molar-refractivity contribution is 5.77. The average molecular weight is 373 g/mol. The Morgan fingerprint density at radius 2 is 1.89 bits per heavy atom. The van der Waals surface area contributed by atoms with Crippen LogP contribution in [-0.2, 0) is 11.3 Å². The summed E-state index contributed by atoms with van der Waals surface area (Å²) in [4.78, 5) is 28.2. The van der Waals surface area contributed by atoms with E-state index >= 15 is 0 Å². The van der Waals surface area contributed by atoms with Crippen molar-refractivity contribution in [3.63, 3.8) is 0 Å². The zero-order valence-corrected chi connectivity index (χ0v) is 16.3. The molecule has 0 aromatic heterocycles. The largest absolute Gasteiger partial charge is 0.481 e. The number of urea groups is 1. The van der Waals surface area contributed by atoms with Gasteiger partial charge in [-0.15, -0.1) is 0 Å². The van der Waals surface area contributed by atoms with E-state index in [0.717, 1.165) is 26.1 Å². The molecule has 2 fully saturated rings. The minimum Gasteiger partial charge on any atom is -0.481 e. The van der Waals surface area contributed by atoms with Crippen molar-refractivity contribution in [1.29, 1.82) is 0 Å². The lowest BCUT2D eigenvalue weighted by Crippen LogP contribution is -2.55. The number of carboxylic acids is 1. The summed E-state index contributed by atoms with van der Waals surface area (Å²) in [7, 11) is 0. The molecule has 2 N–H and O–H groups in total. The number of piperidine rings is 2. The predicted octanol–water partition coefficient (Wildman–Crippen LogP) is 2.65. The van der Waals surface area contributed by atoms with E-state index in [-0.39, 0.29) is 18.0 Å². The number of likely N-dealkylation sites (tertiary alicyclic amines) is 2. The van der Waals surface area contributed by atoms with Gasteiger partial charge in [0, 0.05) is 38.8 Å². The summed E-state index contributed by atoms with van der Waals surface area (Å²) < 4.78 is 0. The third-order valence-corrected chi connectivity index (χ3v) is 5.84. The third kappa shape index (κ3) is 5.22. The number of hydrogen-bond donors (Lipinski definition) is 2. The van der Waals surface area contributed by atoms with E-state index in [1.54, 1.807) is 4.90 Å². The average Bonchev–Trinajstić information content (AvgIpc) is 2.64. The van der Waals surface area contributed by atoms with Crippen LogP contribution < -0.4 is 5.32 Å². The second kappa shape index (κ2) is 8.74. The topological polar surface area (TPSA) is 72.9 Å². The minimum absolute atomic E-state index is 0.110. The Balaban J connectivity index is 1.51. The van der Waals surface area contributed by atoms with Gasteiger partial charge in [0.05, 0.1) is 5.92 Å². The second-order valence-electron chi connectivity index (χ2n) is 8.32. The normalized spacial score (nSPS) is 29.3. The lowest BCUT2D eigenvalue weighted by Gasteiger charge is -2.40. The highest BCUT2D eigenvalue weighted by Crippen LogP contribution is 2.23. The zero-order chi connectivity index (χ0) is 19.4. The molecule has 6 nitrogen and oxygen atoms in total. The fourth-order valence-corrected chi connectivity index (χ4v) is 4.38. The Bertz CT molecular complexity index is 651. The van der Waals surface area contributed by atoms with Gasteiger partial charge in [0.15, 0.2) is 0 Å². The summed E-state index contributed by atoms with van der Waals surface area (Å²) in [6, 6.07) is 10.5. The van der Waals surface area contributed by atoms with Gasteiger partial charge in [0.1, 0.15) is 0 Å². The molecule has 148 valence electrons. The van der Waals surface area contributed by atoms with E-state index in [4.69, 9.17) is 0 Å². The molecule has 0 radical (unpaired) electrons. The van der Waals surface area contributed by atoms with Crippen molar-refractivity contribution in [2.24, 2.45) is 17.8 Å². The van der Waals surface area contributed by atoms with E-state index in [9.17, 15) is 14.7 Å². The number of amides is 2. The van der Waals surface area contributed by atoms with Gasteiger partial charge in [0.25, 0.3) is 0 Å². The first kappa shape index (κ1) is 19.7. The zero-order valence-electron chi connectivity index (χ0n) is 16.3. The van der Waals surface area contributed by atoms with Gasteiger partial charge in [-0.25, -0.2) is 4.79 Å². The van der Waals surface area contributed by atoms with Crippen LogP contribution in [0.4, 0.5) is 4.79 Å². The van der Waals surface area contributed by atoms with Crippen LogP contribution in [0.25, 0.3) is 0 Å². The Hall–Kier alpha value is -2.08. The molecule has 1 aromatic carbocycles. The number of rotatable bonds is 4. The Kier molecular flexibility index (Phi) is 6.37. The molecule has 2 amide bonds. The molecule has 2 saturated heterocycles. The molecule has 2 heterocycles. The second-order valence-corrected chi connectivity index (χ2v) is 8.32. The Morgan fingerprint density at radius 3 is 2.56 bits per heavy atom. The minimum atomic E-state index is -0.804. The maximum absolute atomic E-state index is 12.7. The van der Waals surface area contributed by atoms with E-state index in [2.05, 4.69) is 41.4 Å². The van der Waals surface area contributed by atoms with Crippen molar-refractivity contribution in [3.8, 4) is 0 Å². The van der Waals surface area contributed by atoms with Gasteiger partial charge in [-0.2, -0.15) is 0 Å². The van der Waals surface area contributed by atoms with Crippen LogP contribution in [0.5, 0.6) is 0 Å². The van der Waals surface area contributed by atoms with Crippen LogP contribution >= 0.6 is 0 Å². The van der Waals surface area contributed by atoms with Crippen LogP contribution in [-0.4, -0.2) is 59.1 Å². The predicted molar refractivity (Wildman–Crippen MR) is 104 cm³/mol. The maximum Gasteiger partial charge on any atom is 0.317 e. The molecule has 4 unspecified atom stereocenters. The van der Waals surface area contributed by atoms with Crippen LogP contribution in [0.3, 0.4) is 0 Å². The van der Waals surface area contributed by atoms with Crippen molar-refractivity contribution in [2.45, 2.75) is 39.3 Å². The van der Waals surface area contributed by atoms with Crippen molar-refractivity contribution < 1.29 is 14.7 Å². The summed E-state index contributed by atoms with van der Waals surface area (Å²) in [6.07, 6.45) is 1.57. The van der Waals surface area contributed by atoms with Gasteiger partial charge in [-0.05, 0) is 30.2 Å². The van der Waals surface area contributed by atoms with Crippen molar-refractivity contribution in [2.75, 3.05) is 26.2 Å². The molecule has 0 saturated carbocycles. The van der Waals surface area contributed by atoms with Crippen LogP contribution in [0, 0.1) is 17.8 Å². The number of nitrogens with one attached hydrogen (secondary N) is 1. The number of hydrogen-bond acceptors (Lipinski definition) is 3. The monoisotopic (exact) mass is 373 g/mol. The van der Waals surface area contributed by atoms with Crippen molar-refractivity contribution in [1.82, 2.24) is 15.1 Å². The first-order chi connectivity index (χ1) is 12.9. The summed E-state index contributed by atoms with van der Waals surface area (Å²) in [5.74, 6) is -0.675. The molecular weight excluding hydrogens is 342 g/mol. The highest BCUT2D eigenvalue weighted by Gasteiger charge is 2.34.